The Morgan fingerprint density at radius 3 is 1.83 bits per heavy atom. The standard InChI is InChI=1S/C12H24/c1-6-12(5,7-2)10-8-11(3,4)9-10/h10H,6-9H2,1-5H3. The highest BCUT2D eigenvalue weighted by Gasteiger charge is 2.44. The van der Waals surface area contributed by atoms with E-state index in [4.69, 9.17) is 0 Å². The molecule has 1 aliphatic carbocycles. The molecule has 0 aliphatic heterocycles. The molecule has 1 fully saturated rings. The molecule has 72 valence electrons. The molecule has 1 saturated carbocycles. The third kappa shape index (κ3) is 1.67. The van der Waals surface area contributed by atoms with E-state index in [-0.39, 0.29) is 0 Å². The van der Waals surface area contributed by atoms with Gasteiger partial charge in [-0.1, -0.05) is 47.5 Å². The van der Waals surface area contributed by atoms with E-state index in [0.717, 1.165) is 5.92 Å². The van der Waals surface area contributed by atoms with Crippen LogP contribution >= 0.6 is 0 Å². The largest absolute Gasteiger partial charge is 0.0649 e. The van der Waals surface area contributed by atoms with Gasteiger partial charge in [0, 0.05) is 0 Å². The Balaban J connectivity index is 2.50. The summed E-state index contributed by atoms with van der Waals surface area (Å²) >= 11 is 0. The molecular formula is C12H24. The summed E-state index contributed by atoms with van der Waals surface area (Å²) < 4.78 is 0. The van der Waals surface area contributed by atoms with Gasteiger partial charge in [-0.05, 0) is 29.6 Å². The van der Waals surface area contributed by atoms with E-state index < -0.39 is 0 Å². The Morgan fingerprint density at radius 2 is 1.58 bits per heavy atom. The quantitative estimate of drug-likeness (QED) is 0.591. The molecule has 0 unspecified atom stereocenters. The van der Waals surface area contributed by atoms with Crippen molar-refractivity contribution >= 4 is 0 Å². The summed E-state index contributed by atoms with van der Waals surface area (Å²) in [7, 11) is 0. The average Bonchev–Trinajstić information content (AvgIpc) is 1.99. The highest BCUT2D eigenvalue weighted by molar-refractivity contribution is 4.94. The average molecular weight is 168 g/mol. The van der Waals surface area contributed by atoms with E-state index in [1.807, 2.05) is 0 Å². The van der Waals surface area contributed by atoms with Gasteiger partial charge in [0.25, 0.3) is 0 Å². The summed E-state index contributed by atoms with van der Waals surface area (Å²) in [6.07, 6.45) is 5.60. The number of hydrogen-bond donors (Lipinski definition) is 0. The third-order valence-corrected chi connectivity index (χ3v) is 4.20. The van der Waals surface area contributed by atoms with Gasteiger partial charge in [0.1, 0.15) is 0 Å². The maximum absolute atomic E-state index is 2.47. The van der Waals surface area contributed by atoms with Crippen LogP contribution in [0, 0.1) is 16.7 Å². The van der Waals surface area contributed by atoms with Crippen LogP contribution in [0.5, 0.6) is 0 Å². The SMILES string of the molecule is CCC(C)(CC)C1CC(C)(C)C1. The molecule has 0 aromatic rings. The van der Waals surface area contributed by atoms with Gasteiger partial charge in [0.15, 0.2) is 0 Å². The molecule has 0 aromatic carbocycles. The van der Waals surface area contributed by atoms with E-state index in [1.54, 1.807) is 0 Å². The second-order valence-electron chi connectivity index (χ2n) is 5.63. The maximum atomic E-state index is 2.47. The third-order valence-electron chi connectivity index (χ3n) is 4.20. The first-order valence-corrected chi connectivity index (χ1v) is 5.43. The summed E-state index contributed by atoms with van der Waals surface area (Å²) in [5, 5.41) is 0. The van der Waals surface area contributed by atoms with Crippen LogP contribution in [0.3, 0.4) is 0 Å². The predicted octanol–water partition coefficient (Wildman–Crippen LogP) is 4.25. The minimum atomic E-state index is 0.634. The van der Waals surface area contributed by atoms with Gasteiger partial charge in [0.05, 0.1) is 0 Å². The number of hydrogen-bond acceptors (Lipinski definition) is 0. The lowest BCUT2D eigenvalue weighted by molar-refractivity contribution is -0.00986. The van der Waals surface area contributed by atoms with Crippen molar-refractivity contribution < 1.29 is 0 Å². The molecule has 0 heteroatoms. The topological polar surface area (TPSA) is 0 Å². The van der Waals surface area contributed by atoms with E-state index in [1.165, 1.54) is 25.7 Å². The lowest BCUT2D eigenvalue weighted by Gasteiger charge is -2.51. The van der Waals surface area contributed by atoms with Crippen molar-refractivity contribution in [1.29, 1.82) is 0 Å². The zero-order valence-electron chi connectivity index (χ0n) is 9.41. The molecule has 0 saturated heterocycles. The molecule has 0 bridgehead atoms. The van der Waals surface area contributed by atoms with Crippen LogP contribution in [0.1, 0.15) is 60.3 Å². The molecule has 0 nitrogen and oxygen atoms in total. The van der Waals surface area contributed by atoms with E-state index in [9.17, 15) is 0 Å². The van der Waals surface area contributed by atoms with E-state index in [0.29, 0.717) is 10.8 Å². The van der Waals surface area contributed by atoms with Gasteiger partial charge in [-0.3, -0.25) is 0 Å². The summed E-state index contributed by atoms with van der Waals surface area (Å²) in [5.74, 6) is 1.00. The first kappa shape index (κ1) is 10.1. The summed E-state index contributed by atoms with van der Waals surface area (Å²) in [6.45, 7) is 11.9. The first-order valence-electron chi connectivity index (χ1n) is 5.43. The van der Waals surface area contributed by atoms with Crippen LogP contribution in [0.2, 0.25) is 0 Å². The van der Waals surface area contributed by atoms with Crippen LogP contribution in [0.15, 0.2) is 0 Å². The van der Waals surface area contributed by atoms with Crippen molar-refractivity contribution in [3.05, 3.63) is 0 Å². The summed E-state index contributed by atoms with van der Waals surface area (Å²) in [6, 6.07) is 0. The van der Waals surface area contributed by atoms with Gasteiger partial charge >= 0.3 is 0 Å². The normalized spacial score (nSPS) is 23.8. The Bertz CT molecular complexity index is 143. The maximum Gasteiger partial charge on any atom is -0.0302 e. The fraction of sp³-hybridized carbons (Fsp3) is 1.00. The van der Waals surface area contributed by atoms with Crippen LogP contribution < -0.4 is 0 Å². The molecule has 0 heterocycles. The molecule has 12 heavy (non-hydrogen) atoms. The molecule has 0 spiro atoms. The Kier molecular flexibility index (Phi) is 2.56. The van der Waals surface area contributed by atoms with Crippen LogP contribution in [-0.4, -0.2) is 0 Å². The van der Waals surface area contributed by atoms with Crippen molar-refractivity contribution in [2.24, 2.45) is 16.7 Å². The Hall–Kier alpha value is 0. The highest BCUT2D eigenvalue weighted by Crippen LogP contribution is 2.55. The first-order chi connectivity index (χ1) is 5.43. The van der Waals surface area contributed by atoms with E-state index >= 15 is 0 Å². The van der Waals surface area contributed by atoms with Crippen molar-refractivity contribution in [3.63, 3.8) is 0 Å². The zero-order chi connectivity index (χ0) is 9.41. The van der Waals surface area contributed by atoms with Gasteiger partial charge in [-0.15, -0.1) is 0 Å². The smallest absolute Gasteiger partial charge is 0.0302 e. The zero-order valence-corrected chi connectivity index (χ0v) is 9.41. The van der Waals surface area contributed by atoms with Gasteiger partial charge in [0.2, 0.25) is 0 Å². The fourth-order valence-corrected chi connectivity index (χ4v) is 2.59. The molecule has 1 rings (SSSR count). The van der Waals surface area contributed by atoms with Crippen molar-refractivity contribution in [3.8, 4) is 0 Å². The molecular weight excluding hydrogens is 144 g/mol. The highest BCUT2D eigenvalue weighted by atomic mass is 14.5. The van der Waals surface area contributed by atoms with Crippen LogP contribution in [-0.2, 0) is 0 Å². The molecule has 0 N–H and O–H groups in total. The molecule has 0 radical (unpaired) electrons. The molecule has 0 aromatic heterocycles. The Morgan fingerprint density at radius 1 is 1.17 bits per heavy atom. The monoisotopic (exact) mass is 168 g/mol. The minimum absolute atomic E-state index is 0.634. The van der Waals surface area contributed by atoms with Gasteiger partial charge in [-0.25, -0.2) is 0 Å². The van der Waals surface area contributed by atoms with Gasteiger partial charge < -0.3 is 0 Å². The fourth-order valence-electron chi connectivity index (χ4n) is 2.59. The van der Waals surface area contributed by atoms with E-state index in [2.05, 4.69) is 34.6 Å². The van der Waals surface area contributed by atoms with Gasteiger partial charge in [-0.2, -0.15) is 0 Å². The van der Waals surface area contributed by atoms with Crippen molar-refractivity contribution in [1.82, 2.24) is 0 Å². The summed E-state index contributed by atoms with van der Waals surface area (Å²) in [5.41, 5.74) is 1.28. The van der Waals surface area contributed by atoms with Crippen molar-refractivity contribution in [2.45, 2.75) is 60.3 Å². The molecule has 0 amide bonds. The predicted molar refractivity (Wildman–Crippen MR) is 55.2 cm³/mol. The van der Waals surface area contributed by atoms with Crippen LogP contribution in [0.4, 0.5) is 0 Å². The lowest BCUT2D eigenvalue weighted by atomic mass is 9.54. The van der Waals surface area contributed by atoms with Crippen LogP contribution in [0.25, 0.3) is 0 Å². The lowest BCUT2D eigenvalue weighted by Crippen LogP contribution is -2.41. The second-order valence-corrected chi connectivity index (χ2v) is 5.63. The molecule has 1 aliphatic rings. The summed E-state index contributed by atoms with van der Waals surface area (Å²) in [4.78, 5) is 0. The second kappa shape index (κ2) is 3.05. The number of rotatable bonds is 3. The Labute approximate surface area is 77.7 Å². The van der Waals surface area contributed by atoms with Crippen molar-refractivity contribution in [2.75, 3.05) is 0 Å². The molecule has 0 atom stereocenters. The minimum Gasteiger partial charge on any atom is -0.0649 e.